The monoisotopic (exact) mass is 378 g/mol. The average molecular weight is 378 g/mol. The number of hydrogen-bond acceptors (Lipinski definition) is 5. The fourth-order valence-corrected chi connectivity index (χ4v) is 3.12. The molecule has 1 saturated heterocycles. The zero-order valence-corrected chi connectivity index (χ0v) is 15.5. The quantitative estimate of drug-likeness (QED) is 0.672. The molecule has 0 spiro atoms. The fourth-order valence-electron chi connectivity index (χ4n) is 3.12. The van der Waals surface area contributed by atoms with Crippen molar-refractivity contribution in [2.45, 2.75) is 6.42 Å². The first-order chi connectivity index (χ1) is 13.8. The van der Waals surface area contributed by atoms with Gasteiger partial charge in [0.05, 0.1) is 18.7 Å². The predicted molar refractivity (Wildman–Crippen MR) is 107 cm³/mol. The van der Waals surface area contributed by atoms with Gasteiger partial charge in [-0.25, -0.2) is 0 Å². The summed E-state index contributed by atoms with van der Waals surface area (Å²) in [4.78, 5) is 16.3. The van der Waals surface area contributed by atoms with Crippen molar-refractivity contribution in [3.63, 3.8) is 0 Å². The number of ether oxygens (including phenoxy) is 3. The number of benzene rings is 2. The third-order valence-corrected chi connectivity index (χ3v) is 4.59. The van der Waals surface area contributed by atoms with Gasteiger partial charge in [0.2, 0.25) is 5.91 Å². The van der Waals surface area contributed by atoms with Crippen LogP contribution in [0.2, 0.25) is 0 Å². The van der Waals surface area contributed by atoms with E-state index < -0.39 is 0 Å². The number of rotatable bonds is 7. The molecule has 1 unspecified atom stereocenters. The van der Waals surface area contributed by atoms with Gasteiger partial charge in [-0.2, -0.15) is 0 Å². The lowest BCUT2D eigenvalue weighted by Gasteiger charge is -2.11. The molecule has 4 rings (SSSR count). The smallest absolute Gasteiger partial charge is 0.250 e. The van der Waals surface area contributed by atoms with Gasteiger partial charge in [-0.05, 0) is 48.9 Å². The maximum absolute atomic E-state index is 12.0. The van der Waals surface area contributed by atoms with Crippen LogP contribution >= 0.6 is 0 Å². The predicted octanol–water partition coefficient (Wildman–Crippen LogP) is 4.02. The van der Waals surface area contributed by atoms with E-state index in [1.165, 1.54) is 0 Å². The van der Waals surface area contributed by atoms with E-state index in [9.17, 15) is 4.79 Å². The lowest BCUT2D eigenvalue weighted by atomic mass is 10.1. The number of anilines is 1. The maximum atomic E-state index is 12.0. The highest BCUT2D eigenvalue weighted by Crippen LogP contribution is 2.29. The van der Waals surface area contributed by atoms with E-state index in [-0.39, 0.29) is 12.5 Å². The van der Waals surface area contributed by atoms with Crippen LogP contribution in [0.5, 0.6) is 11.5 Å². The van der Waals surface area contributed by atoms with Crippen LogP contribution in [0.1, 0.15) is 6.42 Å². The number of fused-ring (bicyclic) bond motifs is 1. The lowest BCUT2D eigenvalue weighted by Crippen LogP contribution is -2.20. The standard InChI is InChI=1S/C22H22N2O4/c25-22(15-27-14-16-10-12-26-13-16)24-17-5-7-18(8-6-17)28-21-9-11-23-20-4-2-1-3-19(20)21/h1-9,11,16H,10,12-15H2,(H,24,25). The molecular formula is C22H22N2O4. The summed E-state index contributed by atoms with van der Waals surface area (Å²) in [6.45, 7) is 2.09. The fraction of sp³-hybridized carbons (Fsp3) is 0.273. The molecule has 1 aliphatic heterocycles. The number of amides is 1. The average Bonchev–Trinajstić information content (AvgIpc) is 3.23. The van der Waals surface area contributed by atoms with Gasteiger partial charge in [-0.15, -0.1) is 0 Å². The molecule has 1 aliphatic rings. The van der Waals surface area contributed by atoms with Crippen LogP contribution in [-0.4, -0.2) is 37.3 Å². The highest BCUT2D eigenvalue weighted by molar-refractivity contribution is 5.91. The first-order valence-electron chi connectivity index (χ1n) is 9.35. The van der Waals surface area contributed by atoms with Crippen LogP contribution < -0.4 is 10.1 Å². The first kappa shape index (κ1) is 18.4. The van der Waals surface area contributed by atoms with E-state index in [0.29, 0.717) is 24.0 Å². The molecular weight excluding hydrogens is 356 g/mol. The summed E-state index contributed by atoms with van der Waals surface area (Å²) in [5.74, 6) is 1.65. The van der Waals surface area contributed by atoms with Crippen molar-refractivity contribution in [1.29, 1.82) is 0 Å². The Morgan fingerprint density at radius 3 is 2.82 bits per heavy atom. The molecule has 0 saturated carbocycles. The van der Waals surface area contributed by atoms with Gasteiger partial charge in [0.15, 0.2) is 0 Å². The Hall–Kier alpha value is -2.96. The molecule has 1 N–H and O–H groups in total. The van der Waals surface area contributed by atoms with Crippen molar-refractivity contribution in [2.75, 3.05) is 31.7 Å². The second kappa shape index (κ2) is 8.82. The second-order valence-corrected chi connectivity index (χ2v) is 6.75. The molecule has 2 aromatic carbocycles. The van der Waals surface area contributed by atoms with Gasteiger partial charge < -0.3 is 19.5 Å². The van der Waals surface area contributed by atoms with E-state index in [2.05, 4.69) is 10.3 Å². The molecule has 0 bridgehead atoms. The number of pyridine rings is 1. The highest BCUT2D eigenvalue weighted by Gasteiger charge is 2.16. The molecule has 6 heteroatoms. The maximum Gasteiger partial charge on any atom is 0.250 e. The summed E-state index contributed by atoms with van der Waals surface area (Å²) in [6.07, 6.45) is 2.72. The number of nitrogens with zero attached hydrogens (tertiary/aromatic N) is 1. The van der Waals surface area contributed by atoms with E-state index in [1.54, 1.807) is 18.3 Å². The summed E-state index contributed by atoms with van der Waals surface area (Å²) in [6, 6.07) is 16.9. The van der Waals surface area contributed by atoms with Gasteiger partial charge in [-0.3, -0.25) is 9.78 Å². The Morgan fingerprint density at radius 1 is 1.14 bits per heavy atom. The van der Waals surface area contributed by atoms with Crippen LogP contribution in [0, 0.1) is 5.92 Å². The summed E-state index contributed by atoms with van der Waals surface area (Å²) < 4.78 is 16.7. The normalized spacial score (nSPS) is 16.2. The first-order valence-corrected chi connectivity index (χ1v) is 9.35. The SMILES string of the molecule is O=C(COCC1CCOC1)Nc1ccc(Oc2ccnc3ccccc23)cc1. The molecule has 144 valence electrons. The van der Waals surface area contributed by atoms with E-state index in [0.717, 1.165) is 36.3 Å². The summed E-state index contributed by atoms with van der Waals surface area (Å²) >= 11 is 0. The molecule has 2 heterocycles. The van der Waals surface area contributed by atoms with Crippen molar-refractivity contribution in [1.82, 2.24) is 4.98 Å². The number of hydrogen-bond donors (Lipinski definition) is 1. The number of carbonyl (C=O) groups is 1. The van der Waals surface area contributed by atoms with Crippen LogP contribution in [-0.2, 0) is 14.3 Å². The second-order valence-electron chi connectivity index (χ2n) is 6.75. The lowest BCUT2D eigenvalue weighted by molar-refractivity contribution is -0.121. The number of carbonyl (C=O) groups excluding carboxylic acids is 1. The Bertz CT molecular complexity index is 931. The molecule has 1 aromatic heterocycles. The van der Waals surface area contributed by atoms with Crippen molar-refractivity contribution in [2.24, 2.45) is 5.92 Å². The topological polar surface area (TPSA) is 69.7 Å². The van der Waals surface area contributed by atoms with Gasteiger partial charge >= 0.3 is 0 Å². The van der Waals surface area contributed by atoms with E-state index in [4.69, 9.17) is 14.2 Å². The van der Waals surface area contributed by atoms with Crippen molar-refractivity contribution in [3.8, 4) is 11.5 Å². The molecule has 0 aliphatic carbocycles. The van der Waals surface area contributed by atoms with Crippen LogP contribution in [0.4, 0.5) is 5.69 Å². The molecule has 0 radical (unpaired) electrons. The van der Waals surface area contributed by atoms with E-state index >= 15 is 0 Å². The minimum absolute atomic E-state index is 0.0394. The van der Waals surface area contributed by atoms with E-state index in [1.807, 2.05) is 42.5 Å². The summed E-state index contributed by atoms with van der Waals surface area (Å²) in [5, 5.41) is 3.78. The third-order valence-electron chi connectivity index (χ3n) is 4.59. The molecule has 3 aromatic rings. The largest absolute Gasteiger partial charge is 0.457 e. The Morgan fingerprint density at radius 2 is 2.00 bits per heavy atom. The van der Waals surface area contributed by atoms with Gasteiger partial charge in [0.25, 0.3) is 0 Å². The van der Waals surface area contributed by atoms with Gasteiger partial charge in [0.1, 0.15) is 18.1 Å². The molecule has 6 nitrogen and oxygen atoms in total. The van der Waals surface area contributed by atoms with Crippen molar-refractivity contribution in [3.05, 3.63) is 60.8 Å². The molecule has 1 fully saturated rings. The van der Waals surface area contributed by atoms with Crippen LogP contribution in [0.15, 0.2) is 60.8 Å². The number of aromatic nitrogens is 1. The molecule has 1 amide bonds. The van der Waals surface area contributed by atoms with Crippen molar-refractivity contribution >= 4 is 22.5 Å². The Kier molecular flexibility index (Phi) is 5.80. The number of nitrogens with one attached hydrogen (secondary N) is 1. The highest BCUT2D eigenvalue weighted by atomic mass is 16.5. The minimum Gasteiger partial charge on any atom is -0.457 e. The summed E-state index contributed by atoms with van der Waals surface area (Å²) in [7, 11) is 0. The van der Waals surface area contributed by atoms with Crippen LogP contribution in [0.3, 0.4) is 0 Å². The van der Waals surface area contributed by atoms with Gasteiger partial charge in [-0.1, -0.05) is 12.1 Å². The number of para-hydroxylation sites is 1. The summed E-state index contributed by atoms with van der Waals surface area (Å²) in [5.41, 5.74) is 1.58. The molecule has 1 atom stereocenters. The third kappa shape index (κ3) is 4.65. The van der Waals surface area contributed by atoms with Crippen LogP contribution in [0.25, 0.3) is 10.9 Å². The van der Waals surface area contributed by atoms with Gasteiger partial charge in [0, 0.05) is 29.8 Å². The Labute approximate surface area is 163 Å². The minimum atomic E-state index is -0.173. The Balaban J connectivity index is 1.31. The van der Waals surface area contributed by atoms with Crippen molar-refractivity contribution < 1.29 is 19.0 Å². The zero-order valence-electron chi connectivity index (χ0n) is 15.5. The zero-order chi connectivity index (χ0) is 19.2. The molecule has 28 heavy (non-hydrogen) atoms.